The van der Waals surface area contributed by atoms with E-state index in [-0.39, 0.29) is 10.7 Å². The maximum atomic E-state index is 12.7. The van der Waals surface area contributed by atoms with E-state index in [0.717, 1.165) is 36.1 Å². The summed E-state index contributed by atoms with van der Waals surface area (Å²) in [6, 6.07) is 6.28. The summed E-state index contributed by atoms with van der Waals surface area (Å²) in [4.78, 5) is 13.3. The molecule has 0 unspecified atom stereocenters. The van der Waals surface area contributed by atoms with E-state index < -0.39 is 10.0 Å². The van der Waals surface area contributed by atoms with Gasteiger partial charge in [0.05, 0.1) is 17.6 Å². The van der Waals surface area contributed by atoms with Crippen molar-refractivity contribution < 1.29 is 17.9 Å². The maximum Gasteiger partial charge on any atom is 0.262 e. The number of carbonyl (C=O) groups is 1. The molecular formula is C17H19NO4S2. The topological polar surface area (TPSA) is 72.5 Å². The van der Waals surface area contributed by atoms with Gasteiger partial charge in [-0.25, -0.2) is 8.42 Å². The Bertz CT molecular complexity index is 884. The van der Waals surface area contributed by atoms with Crippen LogP contribution in [0, 0.1) is 0 Å². The van der Waals surface area contributed by atoms with E-state index in [4.69, 9.17) is 4.74 Å². The molecular weight excluding hydrogens is 346 g/mol. The fraction of sp³-hybridized carbons (Fsp3) is 0.353. The van der Waals surface area contributed by atoms with Gasteiger partial charge in [0.2, 0.25) is 0 Å². The summed E-state index contributed by atoms with van der Waals surface area (Å²) < 4.78 is 33.1. The Morgan fingerprint density at radius 2 is 2.00 bits per heavy atom. The largest absolute Gasteiger partial charge is 0.497 e. The number of thiophene rings is 1. The first-order valence-electron chi connectivity index (χ1n) is 7.74. The molecule has 2 aromatic rings. The van der Waals surface area contributed by atoms with Gasteiger partial charge < -0.3 is 4.74 Å². The van der Waals surface area contributed by atoms with Crippen LogP contribution < -0.4 is 9.46 Å². The number of nitrogens with one attached hydrogen (secondary N) is 1. The van der Waals surface area contributed by atoms with Crippen LogP contribution in [0.2, 0.25) is 0 Å². The molecule has 0 aliphatic heterocycles. The summed E-state index contributed by atoms with van der Waals surface area (Å²) in [6.45, 7) is 1.49. The van der Waals surface area contributed by atoms with E-state index in [0.29, 0.717) is 16.3 Å². The van der Waals surface area contributed by atoms with Crippen LogP contribution in [0.5, 0.6) is 5.75 Å². The van der Waals surface area contributed by atoms with Gasteiger partial charge in [0, 0.05) is 10.9 Å². The molecule has 1 aromatic carbocycles. The number of rotatable bonds is 5. The second kappa shape index (κ2) is 6.57. The number of ketones is 1. The molecule has 1 N–H and O–H groups in total. The number of carbonyl (C=O) groups excluding carboxylic acids is 1. The third kappa shape index (κ3) is 3.18. The fourth-order valence-corrected chi connectivity index (χ4v) is 5.64. The molecule has 0 fully saturated rings. The van der Waals surface area contributed by atoms with E-state index in [2.05, 4.69) is 4.72 Å². The standard InChI is InChI=1S/C17H19NO4S2/c1-11(19)16-14-8-3-4-9-15(14)23-17(16)18-24(20,21)13-7-5-6-12(10-13)22-2/h5-7,10,18H,3-4,8-9H2,1-2H3. The Balaban J connectivity index is 2.01. The van der Waals surface area contributed by atoms with E-state index in [1.54, 1.807) is 12.1 Å². The van der Waals surface area contributed by atoms with Crippen LogP contribution in [-0.2, 0) is 22.9 Å². The van der Waals surface area contributed by atoms with Crippen LogP contribution >= 0.6 is 11.3 Å². The summed E-state index contributed by atoms with van der Waals surface area (Å²) >= 11 is 1.38. The van der Waals surface area contributed by atoms with Crippen LogP contribution in [0.25, 0.3) is 0 Å². The molecule has 1 aliphatic rings. The van der Waals surface area contributed by atoms with E-state index in [1.165, 1.54) is 37.5 Å². The number of benzene rings is 1. The third-order valence-corrected chi connectivity index (χ3v) is 6.79. The van der Waals surface area contributed by atoms with E-state index in [1.807, 2.05) is 0 Å². The molecule has 24 heavy (non-hydrogen) atoms. The molecule has 0 radical (unpaired) electrons. The molecule has 0 spiro atoms. The van der Waals surface area contributed by atoms with Crippen molar-refractivity contribution in [3.8, 4) is 5.75 Å². The summed E-state index contributed by atoms with van der Waals surface area (Å²) in [5.41, 5.74) is 1.54. The van der Waals surface area contributed by atoms with Gasteiger partial charge >= 0.3 is 0 Å². The SMILES string of the molecule is COc1cccc(S(=O)(=O)Nc2sc3c(c2C(C)=O)CCCC3)c1. The first-order valence-corrected chi connectivity index (χ1v) is 10.0. The number of ether oxygens (including phenoxy) is 1. The minimum atomic E-state index is -3.77. The molecule has 7 heteroatoms. The van der Waals surface area contributed by atoms with Crippen LogP contribution in [-0.4, -0.2) is 21.3 Å². The average molecular weight is 365 g/mol. The molecule has 128 valence electrons. The van der Waals surface area contributed by atoms with Crippen molar-refractivity contribution in [3.05, 3.63) is 40.3 Å². The van der Waals surface area contributed by atoms with Crippen molar-refractivity contribution in [3.63, 3.8) is 0 Å². The zero-order valence-corrected chi connectivity index (χ0v) is 15.2. The van der Waals surface area contributed by atoms with Gasteiger partial charge in [-0.1, -0.05) is 6.07 Å². The van der Waals surface area contributed by atoms with Crippen molar-refractivity contribution in [1.29, 1.82) is 0 Å². The van der Waals surface area contributed by atoms with Crippen LogP contribution in [0.1, 0.15) is 40.6 Å². The molecule has 0 saturated carbocycles. The molecule has 1 aromatic heterocycles. The highest BCUT2D eigenvalue weighted by molar-refractivity contribution is 7.93. The minimum Gasteiger partial charge on any atom is -0.497 e. The van der Waals surface area contributed by atoms with Crippen LogP contribution in [0.3, 0.4) is 0 Å². The third-order valence-electron chi connectivity index (χ3n) is 4.10. The first kappa shape index (κ1) is 17.0. The molecule has 0 amide bonds. The van der Waals surface area contributed by atoms with Gasteiger partial charge in [-0.05, 0) is 50.3 Å². The van der Waals surface area contributed by atoms with Gasteiger partial charge in [0.25, 0.3) is 10.0 Å². The van der Waals surface area contributed by atoms with Crippen molar-refractivity contribution in [1.82, 2.24) is 0 Å². The molecule has 0 saturated heterocycles. The first-order chi connectivity index (χ1) is 11.4. The lowest BCUT2D eigenvalue weighted by Gasteiger charge is -2.11. The number of hydrogen-bond donors (Lipinski definition) is 1. The highest BCUT2D eigenvalue weighted by Crippen LogP contribution is 2.39. The number of fused-ring (bicyclic) bond motifs is 1. The summed E-state index contributed by atoms with van der Waals surface area (Å²) in [6.07, 6.45) is 3.85. The molecule has 0 atom stereocenters. The van der Waals surface area contributed by atoms with Crippen LogP contribution in [0.4, 0.5) is 5.00 Å². The predicted octanol–water partition coefficient (Wildman–Crippen LogP) is 3.64. The molecule has 1 heterocycles. The second-order valence-corrected chi connectivity index (χ2v) is 8.54. The number of anilines is 1. The highest BCUT2D eigenvalue weighted by atomic mass is 32.2. The summed E-state index contributed by atoms with van der Waals surface area (Å²) in [5, 5.41) is 0.428. The van der Waals surface area contributed by atoms with Gasteiger partial charge in [-0.15, -0.1) is 11.3 Å². The summed E-state index contributed by atoms with van der Waals surface area (Å²) in [7, 11) is -2.29. The van der Waals surface area contributed by atoms with E-state index in [9.17, 15) is 13.2 Å². The molecule has 3 rings (SSSR count). The van der Waals surface area contributed by atoms with Gasteiger partial charge in [0.15, 0.2) is 5.78 Å². The monoisotopic (exact) mass is 365 g/mol. The minimum absolute atomic E-state index is 0.0993. The Morgan fingerprint density at radius 1 is 1.25 bits per heavy atom. The van der Waals surface area contributed by atoms with Gasteiger partial charge in [-0.3, -0.25) is 9.52 Å². The Hall–Kier alpha value is -1.86. The lowest BCUT2D eigenvalue weighted by atomic mass is 9.94. The van der Waals surface area contributed by atoms with Crippen molar-refractivity contribution in [2.75, 3.05) is 11.8 Å². The average Bonchev–Trinajstić information content (AvgIpc) is 2.92. The highest BCUT2D eigenvalue weighted by Gasteiger charge is 2.26. The zero-order valence-electron chi connectivity index (χ0n) is 13.6. The lowest BCUT2D eigenvalue weighted by molar-refractivity contribution is 0.101. The van der Waals surface area contributed by atoms with Gasteiger partial charge in [0.1, 0.15) is 10.8 Å². The van der Waals surface area contributed by atoms with E-state index >= 15 is 0 Å². The normalized spacial score (nSPS) is 14.1. The smallest absolute Gasteiger partial charge is 0.262 e. The number of sulfonamides is 1. The maximum absolute atomic E-state index is 12.7. The Kier molecular flexibility index (Phi) is 4.64. The fourth-order valence-electron chi connectivity index (χ4n) is 2.96. The zero-order chi connectivity index (χ0) is 17.3. The lowest BCUT2D eigenvalue weighted by Crippen LogP contribution is -2.14. The Morgan fingerprint density at radius 3 is 2.71 bits per heavy atom. The predicted molar refractivity (Wildman–Crippen MR) is 94.8 cm³/mol. The Labute approximate surface area is 145 Å². The van der Waals surface area contributed by atoms with Crippen molar-refractivity contribution in [2.45, 2.75) is 37.5 Å². The number of Topliss-reactive ketones (excluding diaryl/α,β-unsaturated/α-hetero) is 1. The van der Waals surface area contributed by atoms with Gasteiger partial charge in [-0.2, -0.15) is 0 Å². The molecule has 5 nitrogen and oxygen atoms in total. The quantitative estimate of drug-likeness (QED) is 0.821. The second-order valence-electron chi connectivity index (χ2n) is 5.76. The number of hydrogen-bond acceptors (Lipinski definition) is 5. The summed E-state index contributed by atoms with van der Waals surface area (Å²) in [5.74, 6) is 0.368. The molecule has 1 aliphatic carbocycles. The van der Waals surface area contributed by atoms with Crippen LogP contribution in [0.15, 0.2) is 29.2 Å². The number of aryl methyl sites for hydroxylation is 1. The van der Waals surface area contributed by atoms with Crippen molar-refractivity contribution >= 4 is 32.1 Å². The molecule has 0 bridgehead atoms. The van der Waals surface area contributed by atoms with Crippen molar-refractivity contribution in [2.24, 2.45) is 0 Å². The number of methoxy groups -OCH3 is 1.